The summed E-state index contributed by atoms with van der Waals surface area (Å²) in [6.07, 6.45) is 0. The molecule has 0 saturated heterocycles. The predicted octanol–water partition coefficient (Wildman–Crippen LogP) is 1.89. The molecule has 1 aromatic carbocycles. The van der Waals surface area contributed by atoms with Crippen molar-refractivity contribution in [2.75, 3.05) is 11.8 Å². The van der Waals surface area contributed by atoms with Crippen LogP contribution < -0.4 is 4.72 Å². The van der Waals surface area contributed by atoms with Gasteiger partial charge in [0.15, 0.2) is 5.78 Å². The van der Waals surface area contributed by atoms with E-state index in [2.05, 4.69) is 4.72 Å². The topological polar surface area (TPSA) is 66.5 Å². The lowest BCUT2D eigenvalue weighted by Crippen LogP contribution is -2.37. The van der Waals surface area contributed by atoms with Gasteiger partial charge in [0.25, 0.3) is 0 Å². The summed E-state index contributed by atoms with van der Waals surface area (Å²) in [5, 5.41) is 0. The molecule has 0 unspecified atom stereocenters. The van der Waals surface area contributed by atoms with Crippen LogP contribution in [0.3, 0.4) is 0 Å². The fourth-order valence-electron chi connectivity index (χ4n) is 1.27. The second-order valence-electron chi connectivity index (χ2n) is 4.35. The molecule has 1 aromatic rings. The quantitative estimate of drug-likeness (QED) is 0.831. The molecule has 0 fully saturated rings. The number of nitrogens with one attached hydrogen (secondary N) is 1. The molecule has 0 heterocycles. The fraction of sp³-hybridized carbons (Fsp3) is 0.417. The number of hydrogen-bond acceptors (Lipinski definition) is 3. The average Bonchev–Trinajstić information content (AvgIpc) is 2.28. The van der Waals surface area contributed by atoms with Gasteiger partial charge >= 0.3 is 10.2 Å². The van der Waals surface area contributed by atoms with Gasteiger partial charge in [0.05, 0.1) is 0 Å². The summed E-state index contributed by atoms with van der Waals surface area (Å²) >= 11 is 0. The normalized spacial score (nSPS) is 11.9. The lowest BCUT2D eigenvalue weighted by molar-refractivity contribution is 0.101. The van der Waals surface area contributed by atoms with Crippen molar-refractivity contribution in [2.45, 2.75) is 26.8 Å². The number of benzene rings is 1. The van der Waals surface area contributed by atoms with Crippen LogP contribution in [0.25, 0.3) is 0 Å². The molecule has 0 aliphatic carbocycles. The van der Waals surface area contributed by atoms with Crippen LogP contribution >= 0.6 is 0 Å². The Kier molecular flexibility index (Phi) is 4.48. The summed E-state index contributed by atoms with van der Waals surface area (Å²) in [5.41, 5.74) is 0.989. The Morgan fingerprint density at radius 1 is 1.22 bits per heavy atom. The molecule has 1 rings (SSSR count). The average molecular weight is 270 g/mol. The van der Waals surface area contributed by atoms with Gasteiger partial charge in [-0.05, 0) is 45.0 Å². The highest BCUT2D eigenvalue weighted by atomic mass is 32.2. The Bertz CT molecular complexity index is 521. The van der Waals surface area contributed by atoms with Gasteiger partial charge in [-0.25, -0.2) is 0 Å². The van der Waals surface area contributed by atoms with E-state index in [1.807, 2.05) is 0 Å². The first-order chi connectivity index (χ1) is 8.24. The van der Waals surface area contributed by atoms with Crippen molar-refractivity contribution in [2.24, 2.45) is 0 Å². The van der Waals surface area contributed by atoms with Crippen LogP contribution in [0.5, 0.6) is 0 Å². The Hall–Kier alpha value is -1.40. The van der Waals surface area contributed by atoms with E-state index >= 15 is 0 Å². The van der Waals surface area contributed by atoms with Crippen LogP contribution in [0, 0.1) is 0 Å². The first-order valence-electron chi connectivity index (χ1n) is 5.61. The second-order valence-corrected chi connectivity index (χ2v) is 6.08. The highest BCUT2D eigenvalue weighted by molar-refractivity contribution is 7.90. The molecular formula is C12H18N2O3S. The molecular weight excluding hydrogens is 252 g/mol. The maximum absolute atomic E-state index is 11.9. The van der Waals surface area contributed by atoms with Gasteiger partial charge in [-0.2, -0.15) is 12.7 Å². The lowest BCUT2D eigenvalue weighted by atomic mass is 10.1. The number of carbonyl (C=O) groups is 1. The fourth-order valence-corrected chi connectivity index (χ4v) is 2.40. The molecule has 0 bridgehead atoms. The van der Waals surface area contributed by atoms with Crippen molar-refractivity contribution in [3.05, 3.63) is 29.8 Å². The van der Waals surface area contributed by atoms with Gasteiger partial charge in [0.2, 0.25) is 0 Å². The van der Waals surface area contributed by atoms with E-state index in [1.54, 1.807) is 38.1 Å². The van der Waals surface area contributed by atoms with Crippen molar-refractivity contribution in [1.29, 1.82) is 0 Å². The van der Waals surface area contributed by atoms with Gasteiger partial charge < -0.3 is 0 Å². The first-order valence-corrected chi connectivity index (χ1v) is 7.05. The zero-order valence-corrected chi connectivity index (χ0v) is 11.8. The van der Waals surface area contributed by atoms with Gasteiger partial charge in [-0.1, -0.05) is 0 Å². The van der Waals surface area contributed by atoms with E-state index in [-0.39, 0.29) is 11.8 Å². The molecule has 0 spiro atoms. The van der Waals surface area contributed by atoms with Crippen LogP contribution in [0.1, 0.15) is 31.1 Å². The van der Waals surface area contributed by atoms with E-state index in [9.17, 15) is 13.2 Å². The zero-order chi connectivity index (χ0) is 13.9. The van der Waals surface area contributed by atoms with Crippen molar-refractivity contribution in [1.82, 2.24) is 4.31 Å². The Labute approximate surface area is 108 Å². The van der Waals surface area contributed by atoms with E-state index in [1.165, 1.54) is 18.3 Å². The molecule has 5 nitrogen and oxygen atoms in total. The maximum atomic E-state index is 11.9. The van der Waals surface area contributed by atoms with Crippen LogP contribution in [0.4, 0.5) is 5.69 Å². The van der Waals surface area contributed by atoms with Crippen LogP contribution in [-0.4, -0.2) is 31.6 Å². The van der Waals surface area contributed by atoms with Crippen molar-refractivity contribution >= 4 is 21.7 Å². The van der Waals surface area contributed by atoms with Gasteiger partial charge in [-0.3, -0.25) is 9.52 Å². The summed E-state index contributed by atoms with van der Waals surface area (Å²) in [7, 11) is -2.04. The number of anilines is 1. The molecule has 18 heavy (non-hydrogen) atoms. The largest absolute Gasteiger partial charge is 0.301 e. The molecule has 6 heteroatoms. The molecule has 0 aliphatic heterocycles. The number of ketones is 1. The minimum atomic E-state index is -3.55. The number of nitrogens with zero attached hydrogens (tertiary/aromatic N) is 1. The maximum Gasteiger partial charge on any atom is 0.301 e. The van der Waals surface area contributed by atoms with Crippen LogP contribution in [0.15, 0.2) is 24.3 Å². The molecule has 0 saturated carbocycles. The Morgan fingerprint density at radius 3 is 2.11 bits per heavy atom. The summed E-state index contributed by atoms with van der Waals surface area (Å²) in [6, 6.07) is 6.20. The summed E-state index contributed by atoms with van der Waals surface area (Å²) < 4.78 is 27.5. The van der Waals surface area contributed by atoms with E-state index in [0.29, 0.717) is 11.3 Å². The summed E-state index contributed by atoms with van der Waals surface area (Å²) in [5.74, 6) is -0.0521. The van der Waals surface area contributed by atoms with E-state index < -0.39 is 10.2 Å². The third kappa shape index (κ3) is 3.54. The number of Topliss-reactive ketones (excluding diaryl/α,β-unsaturated/α-hetero) is 1. The van der Waals surface area contributed by atoms with E-state index in [0.717, 1.165) is 0 Å². The molecule has 0 aliphatic rings. The SMILES string of the molecule is CC(=O)c1ccc(NS(=O)(=O)N(C)C(C)C)cc1. The van der Waals surface area contributed by atoms with E-state index in [4.69, 9.17) is 0 Å². The number of hydrogen-bond donors (Lipinski definition) is 1. The highest BCUT2D eigenvalue weighted by Gasteiger charge is 2.20. The third-order valence-electron chi connectivity index (χ3n) is 2.64. The Balaban J connectivity index is 2.88. The number of rotatable bonds is 5. The lowest BCUT2D eigenvalue weighted by Gasteiger charge is -2.21. The van der Waals surface area contributed by atoms with Crippen molar-refractivity contribution in [3.63, 3.8) is 0 Å². The van der Waals surface area contributed by atoms with Crippen molar-refractivity contribution < 1.29 is 13.2 Å². The molecule has 100 valence electrons. The number of carbonyl (C=O) groups excluding carboxylic acids is 1. The van der Waals surface area contributed by atoms with Gasteiger partial charge in [0.1, 0.15) is 0 Å². The smallest absolute Gasteiger partial charge is 0.295 e. The summed E-state index contributed by atoms with van der Waals surface area (Å²) in [6.45, 7) is 5.04. The highest BCUT2D eigenvalue weighted by Crippen LogP contribution is 2.14. The molecule has 0 atom stereocenters. The Morgan fingerprint density at radius 2 is 1.72 bits per heavy atom. The van der Waals surface area contributed by atoms with Crippen LogP contribution in [0.2, 0.25) is 0 Å². The third-order valence-corrected chi connectivity index (χ3v) is 4.32. The second kappa shape index (κ2) is 5.49. The molecule has 1 N–H and O–H groups in total. The molecule has 0 radical (unpaired) electrons. The minimum absolute atomic E-state index is 0.0521. The van der Waals surface area contributed by atoms with Gasteiger partial charge in [0, 0.05) is 24.3 Å². The zero-order valence-electron chi connectivity index (χ0n) is 11.0. The summed E-state index contributed by atoms with van der Waals surface area (Å²) in [4.78, 5) is 11.1. The predicted molar refractivity (Wildman–Crippen MR) is 71.9 cm³/mol. The standard InChI is InChI=1S/C12H18N2O3S/c1-9(2)14(4)18(16,17)13-12-7-5-11(6-8-12)10(3)15/h5-9,13H,1-4H3. The first kappa shape index (κ1) is 14.7. The molecule has 0 amide bonds. The van der Waals surface area contributed by atoms with Crippen molar-refractivity contribution in [3.8, 4) is 0 Å². The van der Waals surface area contributed by atoms with Gasteiger partial charge in [-0.15, -0.1) is 0 Å². The minimum Gasteiger partial charge on any atom is -0.295 e. The molecule has 0 aromatic heterocycles. The van der Waals surface area contributed by atoms with Crippen LogP contribution in [-0.2, 0) is 10.2 Å². The monoisotopic (exact) mass is 270 g/mol.